The first-order chi connectivity index (χ1) is 15.0. The predicted molar refractivity (Wildman–Crippen MR) is 127 cm³/mol. The van der Waals surface area contributed by atoms with Crippen molar-refractivity contribution >= 4 is 23.4 Å². The molecule has 2 N–H and O–H groups in total. The number of nitrogens with one attached hydrogen (secondary N) is 2. The largest absolute Gasteiger partial charge is 0.332 e. The summed E-state index contributed by atoms with van der Waals surface area (Å²) in [6.45, 7) is 6.01. The Hall–Kier alpha value is -3.38. The average Bonchev–Trinajstić information content (AvgIpc) is 3.19. The van der Waals surface area contributed by atoms with E-state index >= 15 is 0 Å². The number of pyridine rings is 1. The molecule has 1 atom stereocenters. The number of carbonyl (C=O) groups excluding carboxylic acids is 1. The maximum Gasteiger partial charge on any atom is 0.237 e. The Balaban J connectivity index is 1.62. The lowest BCUT2D eigenvalue weighted by Crippen LogP contribution is -2.22. The van der Waals surface area contributed by atoms with E-state index in [-0.39, 0.29) is 11.2 Å². The van der Waals surface area contributed by atoms with Crippen LogP contribution in [0.1, 0.15) is 18.1 Å². The van der Waals surface area contributed by atoms with E-state index in [1.54, 1.807) is 18.5 Å². The van der Waals surface area contributed by atoms with Crippen LogP contribution in [0.4, 0.5) is 5.69 Å². The third kappa shape index (κ3) is 5.03. The van der Waals surface area contributed by atoms with Gasteiger partial charge in [-0.15, -0.1) is 0 Å². The van der Waals surface area contributed by atoms with Crippen molar-refractivity contribution in [1.29, 1.82) is 0 Å². The molecule has 2 aromatic carbocycles. The lowest BCUT2D eigenvalue weighted by Gasteiger charge is -2.10. The summed E-state index contributed by atoms with van der Waals surface area (Å²) in [7, 11) is 0. The molecule has 156 valence electrons. The van der Waals surface area contributed by atoms with Crippen LogP contribution in [0.15, 0.2) is 78.2 Å². The van der Waals surface area contributed by atoms with Gasteiger partial charge in [-0.3, -0.25) is 9.78 Å². The molecule has 5 nitrogen and oxygen atoms in total. The third-order valence-electron chi connectivity index (χ3n) is 4.93. The standard InChI is InChI=1S/C25H24N4OS/c1-16-6-10-19(11-7-16)22-23(20-12-8-17(2)9-13-20)29-25(28-22)31-18(3)24(30)27-21-5-4-14-26-15-21/h4-15,18H,1-3H3,(H,27,30)(H,28,29). The van der Waals surface area contributed by atoms with E-state index in [1.165, 1.54) is 22.9 Å². The summed E-state index contributed by atoms with van der Waals surface area (Å²) in [5, 5.41) is 3.27. The molecule has 6 heteroatoms. The lowest BCUT2D eigenvalue weighted by atomic mass is 10.0. The highest BCUT2D eigenvalue weighted by Crippen LogP contribution is 2.34. The van der Waals surface area contributed by atoms with Crippen molar-refractivity contribution in [3.63, 3.8) is 0 Å². The molecule has 1 amide bonds. The molecule has 2 aromatic heterocycles. The summed E-state index contributed by atoms with van der Waals surface area (Å²) in [4.78, 5) is 25.0. The minimum Gasteiger partial charge on any atom is -0.332 e. The first-order valence-corrected chi connectivity index (χ1v) is 11.0. The van der Waals surface area contributed by atoms with E-state index in [0.29, 0.717) is 10.8 Å². The molecule has 1 unspecified atom stereocenters. The molecule has 0 radical (unpaired) electrons. The molecule has 0 fully saturated rings. The van der Waals surface area contributed by atoms with Crippen molar-refractivity contribution in [1.82, 2.24) is 15.0 Å². The number of benzene rings is 2. The number of anilines is 1. The van der Waals surface area contributed by atoms with E-state index in [9.17, 15) is 4.79 Å². The number of aromatic nitrogens is 3. The van der Waals surface area contributed by atoms with Gasteiger partial charge in [0.05, 0.1) is 28.5 Å². The minimum atomic E-state index is -0.330. The second-order valence-corrected chi connectivity index (χ2v) is 8.82. The number of H-pyrrole nitrogens is 1. The number of nitrogens with zero attached hydrogens (tertiary/aromatic N) is 2. The summed E-state index contributed by atoms with van der Waals surface area (Å²) in [6, 6.07) is 20.3. The smallest absolute Gasteiger partial charge is 0.237 e. The second kappa shape index (κ2) is 9.18. The fourth-order valence-electron chi connectivity index (χ4n) is 3.16. The van der Waals surface area contributed by atoms with Crippen LogP contribution in [-0.2, 0) is 4.79 Å². The molecule has 4 aromatic rings. The van der Waals surface area contributed by atoms with Gasteiger partial charge in [0.1, 0.15) is 0 Å². The predicted octanol–water partition coefficient (Wildman–Crippen LogP) is 5.87. The number of amides is 1. The van der Waals surface area contributed by atoms with Crippen LogP contribution >= 0.6 is 11.8 Å². The van der Waals surface area contributed by atoms with E-state index in [2.05, 4.69) is 77.7 Å². The quantitative estimate of drug-likeness (QED) is 0.377. The van der Waals surface area contributed by atoms with Crippen LogP contribution in [-0.4, -0.2) is 26.1 Å². The average molecular weight is 429 g/mol. The highest BCUT2D eigenvalue weighted by atomic mass is 32.2. The Morgan fingerprint density at radius 2 is 1.61 bits per heavy atom. The molecule has 2 heterocycles. The fraction of sp³-hybridized carbons (Fsp3) is 0.160. The summed E-state index contributed by atoms with van der Waals surface area (Å²) in [5.74, 6) is -0.0943. The van der Waals surface area contributed by atoms with Gasteiger partial charge in [0, 0.05) is 17.3 Å². The summed E-state index contributed by atoms with van der Waals surface area (Å²) >= 11 is 1.40. The molecule has 0 aliphatic rings. The Morgan fingerprint density at radius 1 is 0.968 bits per heavy atom. The van der Waals surface area contributed by atoms with Gasteiger partial charge in [-0.05, 0) is 32.9 Å². The van der Waals surface area contributed by atoms with Crippen molar-refractivity contribution in [2.45, 2.75) is 31.2 Å². The van der Waals surface area contributed by atoms with Crippen LogP contribution in [0.3, 0.4) is 0 Å². The molecule has 0 aliphatic carbocycles. The Bertz CT molecular complexity index is 1110. The van der Waals surface area contributed by atoms with Gasteiger partial charge >= 0.3 is 0 Å². The summed E-state index contributed by atoms with van der Waals surface area (Å²) in [5.41, 5.74) is 7.02. The van der Waals surface area contributed by atoms with Crippen LogP contribution in [0.2, 0.25) is 0 Å². The van der Waals surface area contributed by atoms with Crippen LogP contribution in [0, 0.1) is 13.8 Å². The maximum atomic E-state index is 12.6. The van der Waals surface area contributed by atoms with Gasteiger partial charge < -0.3 is 10.3 Å². The highest BCUT2D eigenvalue weighted by molar-refractivity contribution is 8.00. The van der Waals surface area contributed by atoms with E-state index < -0.39 is 0 Å². The fourth-order valence-corrected chi connectivity index (χ4v) is 3.96. The number of hydrogen-bond acceptors (Lipinski definition) is 4. The van der Waals surface area contributed by atoms with Gasteiger partial charge in [-0.25, -0.2) is 4.98 Å². The van der Waals surface area contributed by atoms with Gasteiger partial charge in [-0.1, -0.05) is 71.4 Å². The van der Waals surface area contributed by atoms with Crippen molar-refractivity contribution in [3.05, 3.63) is 84.2 Å². The first kappa shape index (κ1) is 20.9. The molecule has 0 spiro atoms. The number of aromatic amines is 1. The van der Waals surface area contributed by atoms with Gasteiger partial charge in [0.2, 0.25) is 5.91 Å². The van der Waals surface area contributed by atoms with Gasteiger partial charge in [-0.2, -0.15) is 0 Å². The number of carbonyl (C=O) groups is 1. The highest BCUT2D eigenvalue weighted by Gasteiger charge is 2.20. The number of hydrogen-bond donors (Lipinski definition) is 2. The van der Waals surface area contributed by atoms with E-state index in [4.69, 9.17) is 4.98 Å². The Kier molecular flexibility index (Phi) is 6.18. The van der Waals surface area contributed by atoms with E-state index in [0.717, 1.165) is 22.5 Å². The molecular formula is C25H24N4OS. The van der Waals surface area contributed by atoms with Crippen molar-refractivity contribution < 1.29 is 4.79 Å². The van der Waals surface area contributed by atoms with Crippen molar-refractivity contribution in [2.75, 3.05) is 5.32 Å². The van der Waals surface area contributed by atoms with Crippen molar-refractivity contribution in [2.24, 2.45) is 0 Å². The summed E-state index contributed by atoms with van der Waals surface area (Å²) in [6.07, 6.45) is 3.31. The lowest BCUT2D eigenvalue weighted by molar-refractivity contribution is -0.115. The molecule has 0 saturated heterocycles. The number of imidazole rings is 1. The Labute approximate surface area is 186 Å². The zero-order chi connectivity index (χ0) is 21.8. The van der Waals surface area contributed by atoms with Crippen LogP contribution in [0.25, 0.3) is 22.5 Å². The Morgan fingerprint density at radius 3 is 2.23 bits per heavy atom. The van der Waals surface area contributed by atoms with Gasteiger partial charge in [0.25, 0.3) is 0 Å². The summed E-state index contributed by atoms with van der Waals surface area (Å²) < 4.78 is 0. The normalized spacial score (nSPS) is 11.8. The monoisotopic (exact) mass is 428 g/mol. The van der Waals surface area contributed by atoms with Gasteiger partial charge in [0.15, 0.2) is 5.16 Å². The molecule has 4 rings (SSSR count). The molecule has 31 heavy (non-hydrogen) atoms. The zero-order valence-corrected chi connectivity index (χ0v) is 18.5. The number of rotatable bonds is 6. The molecular weight excluding hydrogens is 404 g/mol. The first-order valence-electron chi connectivity index (χ1n) is 10.1. The topological polar surface area (TPSA) is 70.7 Å². The SMILES string of the molecule is Cc1ccc(-c2nc(SC(C)C(=O)Nc3cccnc3)[nH]c2-c2ccc(C)cc2)cc1. The van der Waals surface area contributed by atoms with Crippen LogP contribution in [0.5, 0.6) is 0 Å². The maximum absolute atomic E-state index is 12.6. The number of thioether (sulfide) groups is 1. The molecule has 0 bridgehead atoms. The minimum absolute atomic E-state index is 0.0943. The van der Waals surface area contributed by atoms with Crippen molar-refractivity contribution in [3.8, 4) is 22.5 Å². The van der Waals surface area contributed by atoms with Crippen LogP contribution < -0.4 is 5.32 Å². The third-order valence-corrected chi connectivity index (χ3v) is 5.92. The molecule has 0 aliphatic heterocycles. The number of aryl methyl sites for hydroxylation is 2. The molecule has 0 saturated carbocycles. The zero-order valence-electron chi connectivity index (χ0n) is 17.7. The second-order valence-electron chi connectivity index (χ2n) is 7.49. The van der Waals surface area contributed by atoms with E-state index in [1.807, 2.05) is 13.0 Å².